The van der Waals surface area contributed by atoms with E-state index in [2.05, 4.69) is 24.3 Å². The van der Waals surface area contributed by atoms with Gasteiger partial charge in [0, 0.05) is 26.1 Å². The maximum absolute atomic E-state index is 13.2. The summed E-state index contributed by atoms with van der Waals surface area (Å²) in [7, 11) is 3.54. The SMILES string of the molecule is COC1(OC)C2C3C(=O)C45C=CC=CC14C1C5[C@@H]3C[C@@H]21. The van der Waals surface area contributed by atoms with Crippen LogP contribution in [0, 0.1) is 46.3 Å². The largest absolute Gasteiger partial charge is 0.352 e. The van der Waals surface area contributed by atoms with Crippen LogP contribution in [-0.4, -0.2) is 25.8 Å². The van der Waals surface area contributed by atoms with E-state index in [4.69, 9.17) is 9.47 Å². The van der Waals surface area contributed by atoms with Crippen LogP contribution in [0.25, 0.3) is 0 Å². The van der Waals surface area contributed by atoms with Crippen molar-refractivity contribution in [1.29, 1.82) is 0 Å². The number of fused-ring (bicyclic) bond motifs is 1. The fraction of sp³-hybridized carbons (Fsp3) is 0.706. The lowest BCUT2D eigenvalue weighted by atomic mass is 9.37. The van der Waals surface area contributed by atoms with E-state index in [0.717, 1.165) is 0 Å². The predicted molar refractivity (Wildman–Crippen MR) is 70.5 cm³/mol. The van der Waals surface area contributed by atoms with Crippen LogP contribution in [0.15, 0.2) is 24.3 Å². The normalized spacial score (nSPS) is 64.2. The molecule has 6 aliphatic carbocycles. The van der Waals surface area contributed by atoms with Crippen molar-refractivity contribution in [3.63, 3.8) is 0 Å². The summed E-state index contributed by atoms with van der Waals surface area (Å²) in [4.78, 5) is 13.2. The Morgan fingerprint density at radius 3 is 2.55 bits per heavy atom. The van der Waals surface area contributed by atoms with Crippen LogP contribution in [0.3, 0.4) is 0 Å². The van der Waals surface area contributed by atoms with Gasteiger partial charge >= 0.3 is 0 Å². The molecule has 3 nitrogen and oxygen atoms in total. The average molecular weight is 270 g/mol. The topological polar surface area (TPSA) is 35.5 Å². The van der Waals surface area contributed by atoms with Gasteiger partial charge in [-0.15, -0.1) is 0 Å². The van der Waals surface area contributed by atoms with Gasteiger partial charge in [0.25, 0.3) is 0 Å². The van der Waals surface area contributed by atoms with Gasteiger partial charge in [-0.3, -0.25) is 4.79 Å². The molecule has 5 saturated carbocycles. The molecule has 5 fully saturated rings. The minimum atomic E-state index is -0.579. The van der Waals surface area contributed by atoms with Crippen molar-refractivity contribution in [3.05, 3.63) is 24.3 Å². The van der Waals surface area contributed by atoms with Gasteiger partial charge in [-0.2, -0.15) is 0 Å². The summed E-state index contributed by atoms with van der Waals surface area (Å²) >= 11 is 0. The Labute approximate surface area is 118 Å². The molecular weight excluding hydrogens is 252 g/mol. The highest BCUT2D eigenvalue weighted by molar-refractivity contribution is 5.99. The van der Waals surface area contributed by atoms with Crippen molar-refractivity contribution in [2.24, 2.45) is 46.3 Å². The van der Waals surface area contributed by atoms with E-state index in [1.165, 1.54) is 6.42 Å². The molecule has 0 N–H and O–H groups in total. The second kappa shape index (κ2) is 2.59. The Balaban J connectivity index is 1.77. The first-order chi connectivity index (χ1) is 9.71. The lowest BCUT2D eigenvalue weighted by molar-refractivity contribution is -0.329. The molecule has 104 valence electrons. The van der Waals surface area contributed by atoms with Gasteiger partial charge in [0.15, 0.2) is 5.79 Å². The third-order valence-electron chi connectivity index (χ3n) is 8.06. The van der Waals surface area contributed by atoms with Crippen LogP contribution in [0.2, 0.25) is 0 Å². The van der Waals surface area contributed by atoms with Crippen molar-refractivity contribution in [1.82, 2.24) is 0 Å². The molecule has 8 atom stereocenters. The number of allylic oxidation sites excluding steroid dienone is 3. The molecule has 20 heavy (non-hydrogen) atoms. The number of Topliss-reactive ketones (excluding diaryl/α,β-unsaturated/α-hetero) is 1. The highest BCUT2D eigenvalue weighted by Gasteiger charge is 2.99. The number of carbonyl (C=O) groups is 1. The number of rotatable bonds is 2. The van der Waals surface area contributed by atoms with Gasteiger partial charge < -0.3 is 9.47 Å². The molecule has 0 aromatic carbocycles. The molecule has 6 unspecified atom stereocenters. The van der Waals surface area contributed by atoms with Crippen molar-refractivity contribution >= 4 is 5.78 Å². The Morgan fingerprint density at radius 1 is 1.05 bits per heavy atom. The van der Waals surface area contributed by atoms with Gasteiger partial charge in [-0.05, 0) is 30.1 Å². The first-order valence-corrected chi connectivity index (χ1v) is 7.73. The summed E-state index contributed by atoms with van der Waals surface area (Å²) in [5, 5.41) is 0. The van der Waals surface area contributed by atoms with Crippen LogP contribution in [-0.2, 0) is 14.3 Å². The molecule has 0 amide bonds. The fourth-order valence-corrected chi connectivity index (χ4v) is 8.23. The molecule has 3 heteroatoms. The Kier molecular flexibility index (Phi) is 1.39. The zero-order valence-electron chi connectivity index (χ0n) is 11.7. The molecule has 0 aromatic heterocycles. The quantitative estimate of drug-likeness (QED) is 0.718. The number of ether oxygens (including phenoxy) is 2. The molecule has 2 spiro atoms. The van der Waals surface area contributed by atoms with E-state index < -0.39 is 5.79 Å². The minimum Gasteiger partial charge on any atom is -0.352 e. The number of ketones is 1. The van der Waals surface area contributed by atoms with Crippen LogP contribution >= 0.6 is 0 Å². The predicted octanol–water partition coefficient (Wildman–Crippen LogP) is 1.80. The van der Waals surface area contributed by atoms with E-state index in [-0.39, 0.29) is 22.7 Å². The van der Waals surface area contributed by atoms with Gasteiger partial charge in [0.2, 0.25) is 0 Å². The molecule has 6 aliphatic rings. The third kappa shape index (κ3) is 0.568. The molecule has 6 rings (SSSR count). The summed E-state index contributed by atoms with van der Waals surface area (Å²) < 4.78 is 12.1. The number of methoxy groups -OCH3 is 2. The molecule has 0 heterocycles. The van der Waals surface area contributed by atoms with Crippen molar-refractivity contribution < 1.29 is 14.3 Å². The summed E-state index contributed by atoms with van der Waals surface area (Å²) in [6.45, 7) is 0. The van der Waals surface area contributed by atoms with Crippen LogP contribution < -0.4 is 0 Å². The lowest BCUT2D eigenvalue weighted by Crippen LogP contribution is -2.73. The van der Waals surface area contributed by atoms with Gasteiger partial charge in [-0.1, -0.05) is 24.3 Å². The van der Waals surface area contributed by atoms with E-state index in [9.17, 15) is 4.79 Å². The second-order valence-electron chi connectivity index (χ2n) is 7.56. The van der Waals surface area contributed by atoms with Gasteiger partial charge in [0.05, 0.1) is 10.8 Å². The molecule has 0 radical (unpaired) electrons. The maximum atomic E-state index is 13.2. The third-order valence-corrected chi connectivity index (χ3v) is 8.06. The van der Waals surface area contributed by atoms with Crippen LogP contribution in [0.4, 0.5) is 0 Å². The molecule has 2 bridgehead atoms. The second-order valence-corrected chi connectivity index (χ2v) is 7.56. The smallest absolute Gasteiger partial charge is 0.182 e. The highest BCUT2D eigenvalue weighted by atomic mass is 16.7. The standard InChI is InChI=1S/C17H18O3/c1-19-17(20-2)11-9-7-8-10(11)14(18)15-5-3-4-6-16(15,17)13(9)12(8)15/h3-6,8-13H,7H2,1-2H3/t8-,9+,10?,11?,12?,13?,15?,16?/m1/s1. The highest BCUT2D eigenvalue weighted by Crippen LogP contribution is 2.94. The van der Waals surface area contributed by atoms with E-state index in [0.29, 0.717) is 29.5 Å². The Morgan fingerprint density at radius 2 is 1.80 bits per heavy atom. The molecule has 0 saturated heterocycles. The molecular formula is C17H18O3. The van der Waals surface area contributed by atoms with Crippen molar-refractivity contribution in [2.75, 3.05) is 14.2 Å². The molecule has 0 aliphatic heterocycles. The number of carbonyl (C=O) groups excluding carboxylic acids is 1. The summed E-state index contributed by atoms with van der Waals surface area (Å²) in [5.41, 5.74) is -0.535. The van der Waals surface area contributed by atoms with E-state index in [1.807, 2.05) is 0 Å². The van der Waals surface area contributed by atoms with Crippen molar-refractivity contribution in [3.8, 4) is 0 Å². The van der Waals surface area contributed by atoms with Gasteiger partial charge in [-0.25, -0.2) is 0 Å². The van der Waals surface area contributed by atoms with Crippen molar-refractivity contribution in [2.45, 2.75) is 12.2 Å². The first kappa shape index (κ1) is 10.7. The van der Waals surface area contributed by atoms with Gasteiger partial charge in [0.1, 0.15) is 5.78 Å². The maximum Gasteiger partial charge on any atom is 0.182 e. The minimum absolute atomic E-state index is 0.188. The zero-order valence-corrected chi connectivity index (χ0v) is 11.7. The monoisotopic (exact) mass is 270 g/mol. The summed E-state index contributed by atoms with van der Waals surface area (Å²) in [5.74, 6) is 2.78. The number of hydrogen-bond donors (Lipinski definition) is 0. The Hall–Kier alpha value is -0.930. The van der Waals surface area contributed by atoms with E-state index in [1.54, 1.807) is 14.2 Å². The average Bonchev–Trinajstić information content (AvgIpc) is 3.01. The van der Waals surface area contributed by atoms with Crippen LogP contribution in [0.1, 0.15) is 6.42 Å². The fourth-order valence-electron chi connectivity index (χ4n) is 8.23. The Bertz CT molecular complexity index is 630. The lowest BCUT2D eigenvalue weighted by Gasteiger charge is -2.67. The summed E-state index contributed by atoms with van der Waals surface area (Å²) in [6.07, 6.45) is 9.85. The molecule has 0 aromatic rings. The zero-order chi connectivity index (χ0) is 13.5. The summed E-state index contributed by atoms with van der Waals surface area (Å²) in [6, 6.07) is 0. The van der Waals surface area contributed by atoms with Crippen LogP contribution in [0.5, 0.6) is 0 Å². The van der Waals surface area contributed by atoms with E-state index >= 15 is 0 Å². The number of hydrogen-bond acceptors (Lipinski definition) is 3. The first-order valence-electron chi connectivity index (χ1n) is 7.73.